The molecule has 0 saturated carbocycles. The van der Waals surface area contributed by atoms with Gasteiger partial charge in [0.1, 0.15) is 0 Å². The van der Waals surface area contributed by atoms with Crippen molar-refractivity contribution in [2.45, 2.75) is 13.3 Å². The van der Waals surface area contributed by atoms with Crippen molar-refractivity contribution in [1.82, 2.24) is 0 Å². The lowest BCUT2D eigenvalue weighted by atomic mass is 10.2. The molecule has 5 nitrogen and oxygen atoms in total. The minimum absolute atomic E-state index is 0.138. The van der Waals surface area contributed by atoms with Gasteiger partial charge in [-0.25, -0.2) is 13.6 Å². The maximum absolute atomic E-state index is 13.1. The van der Waals surface area contributed by atoms with Gasteiger partial charge in [0.2, 0.25) is 5.91 Å². The fourth-order valence-electron chi connectivity index (χ4n) is 2.06. The van der Waals surface area contributed by atoms with Gasteiger partial charge in [0.15, 0.2) is 11.6 Å². The van der Waals surface area contributed by atoms with E-state index < -0.39 is 11.6 Å². The minimum atomic E-state index is -1.02. The van der Waals surface area contributed by atoms with Crippen LogP contribution in [0.4, 0.5) is 20.2 Å². The van der Waals surface area contributed by atoms with Crippen molar-refractivity contribution < 1.29 is 23.1 Å². The van der Waals surface area contributed by atoms with Crippen molar-refractivity contribution in [1.29, 1.82) is 0 Å². The van der Waals surface area contributed by atoms with Gasteiger partial charge < -0.3 is 15.4 Å². The highest BCUT2D eigenvalue weighted by Crippen LogP contribution is 2.14. The Morgan fingerprint density at radius 1 is 1.00 bits per heavy atom. The molecule has 25 heavy (non-hydrogen) atoms. The number of hydrogen-bond donors (Lipinski definition) is 2. The second-order valence-corrected chi connectivity index (χ2v) is 5.15. The molecule has 0 atom stereocenters. The molecule has 0 fully saturated rings. The zero-order valence-electron chi connectivity index (χ0n) is 13.6. The van der Waals surface area contributed by atoms with Crippen LogP contribution in [0, 0.1) is 11.6 Å². The lowest BCUT2D eigenvalue weighted by molar-refractivity contribution is -0.115. The largest absolute Gasteiger partial charge is 0.462 e. The van der Waals surface area contributed by atoms with E-state index in [4.69, 9.17) is 4.74 Å². The third-order valence-electron chi connectivity index (χ3n) is 3.28. The molecular formula is C18H18F2N2O3. The predicted molar refractivity (Wildman–Crippen MR) is 90.5 cm³/mol. The van der Waals surface area contributed by atoms with E-state index in [-0.39, 0.29) is 24.0 Å². The number of ether oxygens (including phenoxy) is 1. The Balaban J connectivity index is 1.78. The molecule has 0 saturated heterocycles. The van der Waals surface area contributed by atoms with Crippen molar-refractivity contribution in [2.24, 2.45) is 0 Å². The lowest BCUT2D eigenvalue weighted by Gasteiger charge is -2.08. The van der Waals surface area contributed by atoms with Crippen LogP contribution in [0.1, 0.15) is 23.7 Å². The Labute approximate surface area is 144 Å². The molecule has 7 heteroatoms. The van der Waals surface area contributed by atoms with Gasteiger partial charge in [-0.05, 0) is 43.3 Å². The Kier molecular flexibility index (Phi) is 6.45. The van der Waals surface area contributed by atoms with Crippen LogP contribution in [0.3, 0.4) is 0 Å². The summed E-state index contributed by atoms with van der Waals surface area (Å²) >= 11 is 0. The van der Waals surface area contributed by atoms with Crippen LogP contribution in [0.25, 0.3) is 0 Å². The standard InChI is InChI=1S/C18H18F2N2O3/c1-2-25-18(24)12-3-5-13(6-4-12)21-10-9-17(23)22-14-7-8-15(19)16(20)11-14/h3-8,11,21H,2,9-10H2,1H3,(H,22,23). The van der Waals surface area contributed by atoms with E-state index >= 15 is 0 Å². The van der Waals surface area contributed by atoms with Crippen molar-refractivity contribution in [2.75, 3.05) is 23.8 Å². The SMILES string of the molecule is CCOC(=O)c1ccc(NCCC(=O)Nc2ccc(F)c(F)c2)cc1. The van der Waals surface area contributed by atoms with E-state index in [0.29, 0.717) is 18.7 Å². The fourth-order valence-corrected chi connectivity index (χ4v) is 2.06. The summed E-state index contributed by atoms with van der Waals surface area (Å²) in [6.45, 7) is 2.39. The predicted octanol–water partition coefficient (Wildman–Crippen LogP) is 3.58. The Morgan fingerprint density at radius 2 is 1.68 bits per heavy atom. The molecule has 2 N–H and O–H groups in total. The number of hydrogen-bond acceptors (Lipinski definition) is 4. The number of esters is 1. The smallest absolute Gasteiger partial charge is 0.338 e. The number of rotatable bonds is 7. The summed E-state index contributed by atoms with van der Waals surface area (Å²) in [5.74, 6) is -2.70. The summed E-state index contributed by atoms with van der Waals surface area (Å²) in [6.07, 6.45) is 0.138. The van der Waals surface area contributed by atoms with Crippen molar-refractivity contribution in [3.63, 3.8) is 0 Å². The highest BCUT2D eigenvalue weighted by Gasteiger charge is 2.07. The second kappa shape index (κ2) is 8.77. The van der Waals surface area contributed by atoms with Gasteiger partial charge in [0.05, 0.1) is 12.2 Å². The third kappa shape index (κ3) is 5.56. The second-order valence-electron chi connectivity index (χ2n) is 5.15. The molecule has 0 spiro atoms. The highest BCUT2D eigenvalue weighted by molar-refractivity contribution is 5.91. The van der Waals surface area contributed by atoms with Crippen LogP contribution in [0.2, 0.25) is 0 Å². The van der Waals surface area contributed by atoms with Crippen LogP contribution in [0.5, 0.6) is 0 Å². The topological polar surface area (TPSA) is 67.4 Å². The van der Waals surface area contributed by atoms with Crippen molar-refractivity contribution in [3.8, 4) is 0 Å². The Bertz CT molecular complexity index is 748. The molecule has 0 radical (unpaired) electrons. The number of halogens is 2. The van der Waals surface area contributed by atoms with Gasteiger partial charge in [-0.15, -0.1) is 0 Å². The number of anilines is 2. The van der Waals surface area contributed by atoms with E-state index in [1.807, 2.05) is 0 Å². The Hall–Kier alpha value is -2.96. The zero-order chi connectivity index (χ0) is 18.2. The third-order valence-corrected chi connectivity index (χ3v) is 3.28. The number of amides is 1. The van der Waals surface area contributed by atoms with Gasteiger partial charge in [-0.2, -0.15) is 0 Å². The van der Waals surface area contributed by atoms with Crippen LogP contribution >= 0.6 is 0 Å². The number of benzene rings is 2. The van der Waals surface area contributed by atoms with E-state index in [2.05, 4.69) is 10.6 Å². The summed E-state index contributed by atoms with van der Waals surface area (Å²) in [6, 6.07) is 9.84. The first kappa shape index (κ1) is 18.4. The van der Waals surface area contributed by atoms with Gasteiger partial charge in [0.25, 0.3) is 0 Å². The molecule has 0 aliphatic carbocycles. The molecule has 0 bridgehead atoms. The average Bonchev–Trinajstić information content (AvgIpc) is 2.59. The van der Waals surface area contributed by atoms with E-state index in [1.165, 1.54) is 6.07 Å². The molecule has 0 aliphatic rings. The Morgan fingerprint density at radius 3 is 2.32 bits per heavy atom. The van der Waals surface area contributed by atoms with Gasteiger partial charge >= 0.3 is 5.97 Å². The molecule has 0 aromatic heterocycles. The van der Waals surface area contributed by atoms with Crippen molar-refractivity contribution in [3.05, 3.63) is 59.7 Å². The molecule has 2 rings (SSSR count). The summed E-state index contributed by atoms with van der Waals surface area (Å²) in [7, 11) is 0. The number of nitrogens with one attached hydrogen (secondary N) is 2. The lowest BCUT2D eigenvalue weighted by Crippen LogP contribution is -2.16. The fraction of sp³-hybridized carbons (Fsp3) is 0.222. The van der Waals surface area contributed by atoms with Gasteiger partial charge in [-0.3, -0.25) is 4.79 Å². The van der Waals surface area contributed by atoms with Crippen LogP contribution in [0.15, 0.2) is 42.5 Å². The summed E-state index contributed by atoms with van der Waals surface area (Å²) in [5.41, 5.74) is 1.39. The van der Waals surface area contributed by atoms with E-state index in [9.17, 15) is 18.4 Å². The molecule has 2 aromatic rings. The maximum atomic E-state index is 13.1. The number of carbonyl (C=O) groups is 2. The zero-order valence-corrected chi connectivity index (χ0v) is 13.6. The van der Waals surface area contributed by atoms with E-state index in [1.54, 1.807) is 31.2 Å². The van der Waals surface area contributed by atoms with Crippen LogP contribution < -0.4 is 10.6 Å². The summed E-state index contributed by atoms with van der Waals surface area (Å²) in [4.78, 5) is 23.3. The van der Waals surface area contributed by atoms with E-state index in [0.717, 1.165) is 17.8 Å². The monoisotopic (exact) mass is 348 g/mol. The van der Waals surface area contributed by atoms with Crippen LogP contribution in [-0.2, 0) is 9.53 Å². The molecule has 2 aromatic carbocycles. The summed E-state index contributed by atoms with van der Waals surface area (Å²) in [5, 5.41) is 5.52. The highest BCUT2D eigenvalue weighted by atomic mass is 19.2. The van der Waals surface area contributed by atoms with Gasteiger partial charge in [0, 0.05) is 30.4 Å². The average molecular weight is 348 g/mol. The molecule has 132 valence electrons. The normalized spacial score (nSPS) is 10.2. The maximum Gasteiger partial charge on any atom is 0.338 e. The summed E-state index contributed by atoms with van der Waals surface area (Å²) < 4.78 is 30.8. The first-order valence-corrected chi connectivity index (χ1v) is 7.75. The minimum Gasteiger partial charge on any atom is -0.462 e. The van der Waals surface area contributed by atoms with Crippen molar-refractivity contribution >= 4 is 23.3 Å². The molecule has 0 heterocycles. The molecule has 0 aliphatic heterocycles. The first-order chi connectivity index (χ1) is 12.0. The number of carbonyl (C=O) groups excluding carboxylic acids is 2. The molecular weight excluding hydrogens is 330 g/mol. The van der Waals surface area contributed by atoms with Gasteiger partial charge in [-0.1, -0.05) is 0 Å². The molecule has 0 unspecified atom stereocenters. The molecule has 1 amide bonds. The van der Waals surface area contributed by atoms with Crippen LogP contribution in [-0.4, -0.2) is 25.0 Å². The first-order valence-electron chi connectivity index (χ1n) is 7.75. The quantitative estimate of drug-likeness (QED) is 0.751.